The lowest BCUT2D eigenvalue weighted by atomic mass is 9.79. The molecular weight excluding hydrogens is 256 g/mol. The van der Waals surface area contributed by atoms with Crippen LogP contribution in [0.4, 0.5) is 0 Å². The summed E-state index contributed by atoms with van der Waals surface area (Å²) in [6.45, 7) is 2.39. The Bertz CT molecular complexity index is 500. The van der Waals surface area contributed by atoms with E-state index in [1.165, 1.54) is 38.5 Å². The molecule has 114 valence electrons. The second kappa shape index (κ2) is 5.40. The highest BCUT2D eigenvalue weighted by Gasteiger charge is 2.38. The monoisotopic (exact) mass is 284 g/mol. The fraction of sp³-hybridized carbons (Fsp3) is 0.684. The molecule has 2 aliphatic heterocycles. The standard InChI is InChI=1S/C19H28N2/c1-13-7-10-19(18-6-4-3-5-17(13)18)21(2)16-11-14-8-9-15(12-16)20-14/h3-6,13-16,19-20H,7-12H2,1-2H3. The molecule has 2 heterocycles. The van der Waals surface area contributed by atoms with Gasteiger partial charge in [-0.3, -0.25) is 4.90 Å². The van der Waals surface area contributed by atoms with Crippen LogP contribution in [0.25, 0.3) is 0 Å². The number of nitrogens with one attached hydrogen (secondary N) is 1. The van der Waals surface area contributed by atoms with Crippen molar-refractivity contribution in [2.24, 2.45) is 0 Å². The Kier molecular flexibility index (Phi) is 3.55. The molecule has 2 fully saturated rings. The van der Waals surface area contributed by atoms with Gasteiger partial charge in [0.05, 0.1) is 0 Å². The highest BCUT2D eigenvalue weighted by molar-refractivity contribution is 5.35. The predicted octanol–water partition coefficient (Wildman–Crippen LogP) is 3.84. The second-order valence-corrected chi connectivity index (χ2v) is 7.55. The molecule has 21 heavy (non-hydrogen) atoms. The van der Waals surface area contributed by atoms with Gasteiger partial charge in [0.15, 0.2) is 0 Å². The number of rotatable bonds is 2. The topological polar surface area (TPSA) is 15.3 Å². The van der Waals surface area contributed by atoms with Crippen LogP contribution in [-0.2, 0) is 0 Å². The average Bonchev–Trinajstić information content (AvgIpc) is 2.85. The average molecular weight is 284 g/mol. The highest BCUT2D eigenvalue weighted by atomic mass is 15.2. The third-order valence-corrected chi connectivity index (χ3v) is 6.27. The Balaban J connectivity index is 1.57. The summed E-state index contributed by atoms with van der Waals surface area (Å²) in [6, 6.07) is 12.2. The summed E-state index contributed by atoms with van der Waals surface area (Å²) < 4.78 is 0. The van der Waals surface area contributed by atoms with E-state index in [0.29, 0.717) is 6.04 Å². The van der Waals surface area contributed by atoms with Gasteiger partial charge >= 0.3 is 0 Å². The lowest BCUT2D eigenvalue weighted by Gasteiger charge is -2.43. The van der Waals surface area contributed by atoms with Crippen molar-refractivity contribution in [2.75, 3.05) is 7.05 Å². The minimum Gasteiger partial charge on any atom is -0.311 e. The van der Waals surface area contributed by atoms with Crippen LogP contribution in [0.3, 0.4) is 0 Å². The van der Waals surface area contributed by atoms with Gasteiger partial charge in [0.2, 0.25) is 0 Å². The van der Waals surface area contributed by atoms with Gasteiger partial charge in [-0.25, -0.2) is 0 Å². The van der Waals surface area contributed by atoms with Crippen LogP contribution in [0.5, 0.6) is 0 Å². The van der Waals surface area contributed by atoms with E-state index >= 15 is 0 Å². The fourth-order valence-electron chi connectivity index (χ4n) is 5.02. The Morgan fingerprint density at radius 1 is 0.952 bits per heavy atom. The SMILES string of the molecule is CC1CCC(N(C)C2CC3CCC(C2)N3)c2ccccc21. The molecule has 0 amide bonds. The van der Waals surface area contributed by atoms with Crippen LogP contribution in [0, 0.1) is 0 Å². The summed E-state index contributed by atoms with van der Waals surface area (Å²) in [5, 5.41) is 3.78. The number of nitrogens with zero attached hydrogens (tertiary/aromatic N) is 1. The second-order valence-electron chi connectivity index (χ2n) is 7.55. The molecule has 2 nitrogen and oxygen atoms in total. The molecule has 1 N–H and O–H groups in total. The van der Waals surface area contributed by atoms with Crippen molar-refractivity contribution in [1.29, 1.82) is 0 Å². The van der Waals surface area contributed by atoms with E-state index in [9.17, 15) is 0 Å². The maximum absolute atomic E-state index is 3.78. The van der Waals surface area contributed by atoms with E-state index < -0.39 is 0 Å². The Morgan fingerprint density at radius 3 is 2.33 bits per heavy atom. The van der Waals surface area contributed by atoms with Crippen LogP contribution >= 0.6 is 0 Å². The molecule has 0 spiro atoms. The predicted molar refractivity (Wildman–Crippen MR) is 87.6 cm³/mol. The van der Waals surface area contributed by atoms with Crippen molar-refractivity contribution in [3.63, 3.8) is 0 Å². The molecule has 2 bridgehead atoms. The molecule has 0 aromatic heterocycles. The molecular formula is C19H28N2. The molecule has 0 saturated carbocycles. The smallest absolute Gasteiger partial charge is 0.0351 e. The van der Waals surface area contributed by atoms with Crippen molar-refractivity contribution in [2.45, 2.75) is 75.5 Å². The summed E-state index contributed by atoms with van der Waals surface area (Å²) in [4.78, 5) is 2.72. The van der Waals surface area contributed by atoms with Crippen LogP contribution in [0.2, 0.25) is 0 Å². The van der Waals surface area contributed by atoms with Crippen molar-refractivity contribution < 1.29 is 0 Å². The molecule has 1 aromatic rings. The van der Waals surface area contributed by atoms with Crippen molar-refractivity contribution >= 4 is 0 Å². The van der Waals surface area contributed by atoms with Gasteiger partial charge in [-0.15, -0.1) is 0 Å². The number of hydrogen-bond acceptors (Lipinski definition) is 2. The Labute approximate surface area is 128 Å². The van der Waals surface area contributed by atoms with E-state index in [0.717, 1.165) is 24.0 Å². The molecule has 1 aromatic carbocycles. The Morgan fingerprint density at radius 2 is 1.62 bits per heavy atom. The van der Waals surface area contributed by atoms with Crippen molar-refractivity contribution in [3.05, 3.63) is 35.4 Å². The zero-order chi connectivity index (χ0) is 14.4. The van der Waals surface area contributed by atoms with Gasteiger partial charge in [-0.05, 0) is 62.6 Å². The maximum Gasteiger partial charge on any atom is 0.0351 e. The lowest BCUT2D eigenvalue weighted by molar-refractivity contribution is 0.111. The number of hydrogen-bond donors (Lipinski definition) is 1. The van der Waals surface area contributed by atoms with E-state index in [-0.39, 0.29) is 0 Å². The first-order chi connectivity index (χ1) is 10.2. The third kappa shape index (κ3) is 2.43. The molecule has 2 saturated heterocycles. The summed E-state index contributed by atoms with van der Waals surface area (Å²) in [6.07, 6.45) is 8.15. The highest BCUT2D eigenvalue weighted by Crippen LogP contribution is 2.42. The van der Waals surface area contributed by atoms with Gasteiger partial charge in [0.25, 0.3) is 0 Å². The fourth-order valence-corrected chi connectivity index (χ4v) is 5.02. The van der Waals surface area contributed by atoms with Gasteiger partial charge in [-0.2, -0.15) is 0 Å². The van der Waals surface area contributed by atoms with E-state index in [4.69, 9.17) is 0 Å². The first-order valence-electron chi connectivity index (χ1n) is 8.79. The molecule has 2 heteroatoms. The van der Waals surface area contributed by atoms with Crippen LogP contribution in [-0.4, -0.2) is 30.1 Å². The molecule has 0 radical (unpaired) electrons. The van der Waals surface area contributed by atoms with E-state index in [1.54, 1.807) is 11.1 Å². The first-order valence-corrected chi connectivity index (χ1v) is 8.79. The molecule has 1 aliphatic carbocycles. The molecule has 4 rings (SSSR count). The van der Waals surface area contributed by atoms with E-state index in [2.05, 4.69) is 48.5 Å². The quantitative estimate of drug-likeness (QED) is 0.887. The summed E-state index contributed by atoms with van der Waals surface area (Å²) in [7, 11) is 2.38. The summed E-state index contributed by atoms with van der Waals surface area (Å²) >= 11 is 0. The summed E-state index contributed by atoms with van der Waals surface area (Å²) in [5.41, 5.74) is 3.20. The minimum absolute atomic E-state index is 0.639. The third-order valence-electron chi connectivity index (χ3n) is 6.27. The van der Waals surface area contributed by atoms with Crippen molar-refractivity contribution in [3.8, 4) is 0 Å². The normalized spacial score (nSPS) is 38.5. The molecule has 4 atom stereocenters. The van der Waals surface area contributed by atoms with Crippen LogP contribution in [0.1, 0.15) is 68.5 Å². The van der Waals surface area contributed by atoms with Gasteiger partial charge < -0.3 is 5.32 Å². The van der Waals surface area contributed by atoms with Crippen LogP contribution < -0.4 is 5.32 Å². The Hall–Kier alpha value is -0.860. The zero-order valence-electron chi connectivity index (χ0n) is 13.4. The number of benzene rings is 1. The van der Waals surface area contributed by atoms with Gasteiger partial charge in [0, 0.05) is 24.2 Å². The lowest BCUT2D eigenvalue weighted by Crippen LogP contribution is -2.48. The maximum atomic E-state index is 3.78. The molecule has 3 aliphatic rings. The largest absolute Gasteiger partial charge is 0.311 e. The number of piperidine rings is 1. The van der Waals surface area contributed by atoms with E-state index in [1.807, 2.05) is 0 Å². The van der Waals surface area contributed by atoms with Gasteiger partial charge in [-0.1, -0.05) is 31.2 Å². The summed E-state index contributed by atoms with van der Waals surface area (Å²) in [5.74, 6) is 0.732. The first kappa shape index (κ1) is 13.8. The van der Waals surface area contributed by atoms with Crippen molar-refractivity contribution in [1.82, 2.24) is 10.2 Å². The number of fused-ring (bicyclic) bond motifs is 3. The van der Waals surface area contributed by atoms with Gasteiger partial charge in [0.1, 0.15) is 0 Å². The molecule has 4 unspecified atom stereocenters. The zero-order valence-corrected chi connectivity index (χ0v) is 13.4. The van der Waals surface area contributed by atoms with Crippen LogP contribution in [0.15, 0.2) is 24.3 Å². The minimum atomic E-state index is 0.639.